The minimum atomic E-state index is -0.0187. The third-order valence-electron chi connectivity index (χ3n) is 3.57. The molecule has 1 atom stereocenters. The van der Waals surface area contributed by atoms with Crippen LogP contribution in [-0.2, 0) is 6.42 Å². The van der Waals surface area contributed by atoms with Gasteiger partial charge in [-0.1, -0.05) is 19.9 Å². The highest BCUT2D eigenvalue weighted by atomic mass is 16.5. The van der Waals surface area contributed by atoms with E-state index in [-0.39, 0.29) is 6.04 Å². The molecular weight excluding hydrogens is 266 g/mol. The number of nitrogens with one attached hydrogen (secondary N) is 1. The summed E-state index contributed by atoms with van der Waals surface area (Å²) < 4.78 is 16.7. The third-order valence-corrected chi connectivity index (χ3v) is 3.57. The Kier molecular flexibility index (Phi) is 5.28. The first-order chi connectivity index (χ1) is 10.3. The van der Waals surface area contributed by atoms with Crippen LogP contribution in [0.5, 0.6) is 11.5 Å². The van der Waals surface area contributed by atoms with Crippen molar-refractivity contribution >= 4 is 0 Å². The third kappa shape index (κ3) is 3.05. The molecule has 0 fully saturated rings. The first kappa shape index (κ1) is 15.4. The number of hydrogen-bond donors (Lipinski definition) is 1. The lowest BCUT2D eigenvalue weighted by molar-refractivity contribution is 0.376. The van der Waals surface area contributed by atoms with E-state index in [0.29, 0.717) is 0 Å². The van der Waals surface area contributed by atoms with E-state index in [1.807, 2.05) is 24.3 Å². The number of rotatable bonds is 7. The highest BCUT2D eigenvalue weighted by Gasteiger charge is 2.25. The standard InChI is InChI=1S/C17H23NO3/c1-5-13-12(10-11-21-13)17(18-6-2)16-14(19-3)8-7-9-15(16)20-4/h7-11,17-18H,5-6H2,1-4H3. The van der Waals surface area contributed by atoms with Gasteiger partial charge in [-0.05, 0) is 24.7 Å². The predicted molar refractivity (Wildman–Crippen MR) is 83.2 cm³/mol. The fraction of sp³-hybridized carbons (Fsp3) is 0.412. The van der Waals surface area contributed by atoms with E-state index in [1.54, 1.807) is 20.5 Å². The molecule has 1 aromatic heterocycles. The lowest BCUT2D eigenvalue weighted by Gasteiger charge is -2.23. The normalized spacial score (nSPS) is 12.2. The number of methoxy groups -OCH3 is 2. The summed E-state index contributed by atoms with van der Waals surface area (Å²) in [6.45, 7) is 5.01. The van der Waals surface area contributed by atoms with Crippen molar-refractivity contribution in [3.05, 3.63) is 47.4 Å². The molecule has 2 aromatic rings. The predicted octanol–water partition coefficient (Wildman–Crippen LogP) is 3.56. The van der Waals surface area contributed by atoms with Crippen LogP contribution in [-0.4, -0.2) is 20.8 Å². The second-order valence-electron chi connectivity index (χ2n) is 4.72. The first-order valence-corrected chi connectivity index (χ1v) is 7.27. The summed E-state index contributed by atoms with van der Waals surface area (Å²) >= 11 is 0. The zero-order chi connectivity index (χ0) is 15.2. The Morgan fingerprint density at radius 2 is 1.76 bits per heavy atom. The minimum Gasteiger partial charge on any atom is -0.496 e. The largest absolute Gasteiger partial charge is 0.496 e. The van der Waals surface area contributed by atoms with Crippen LogP contribution < -0.4 is 14.8 Å². The molecular formula is C17H23NO3. The number of ether oxygens (including phenoxy) is 2. The number of aryl methyl sites for hydroxylation is 1. The molecule has 4 heteroatoms. The van der Waals surface area contributed by atoms with Crippen molar-refractivity contribution in [3.63, 3.8) is 0 Å². The number of hydrogen-bond acceptors (Lipinski definition) is 4. The lowest BCUT2D eigenvalue weighted by Crippen LogP contribution is -2.23. The molecule has 0 aliphatic carbocycles. The van der Waals surface area contributed by atoms with Crippen LogP contribution in [0.3, 0.4) is 0 Å². The molecule has 1 heterocycles. The lowest BCUT2D eigenvalue weighted by atomic mass is 9.96. The van der Waals surface area contributed by atoms with Gasteiger partial charge in [-0.15, -0.1) is 0 Å². The van der Waals surface area contributed by atoms with E-state index in [4.69, 9.17) is 13.9 Å². The van der Waals surface area contributed by atoms with Gasteiger partial charge in [0.05, 0.1) is 32.1 Å². The molecule has 2 rings (SSSR count). The molecule has 114 valence electrons. The first-order valence-electron chi connectivity index (χ1n) is 7.27. The summed E-state index contributed by atoms with van der Waals surface area (Å²) in [5, 5.41) is 3.51. The van der Waals surface area contributed by atoms with Gasteiger partial charge < -0.3 is 19.2 Å². The summed E-state index contributed by atoms with van der Waals surface area (Å²) in [5.74, 6) is 2.60. The second-order valence-corrected chi connectivity index (χ2v) is 4.72. The Labute approximate surface area is 126 Å². The van der Waals surface area contributed by atoms with Gasteiger partial charge in [0.15, 0.2) is 0 Å². The molecule has 4 nitrogen and oxygen atoms in total. The van der Waals surface area contributed by atoms with E-state index in [0.717, 1.165) is 41.4 Å². The minimum absolute atomic E-state index is 0.0187. The molecule has 1 aromatic carbocycles. The van der Waals surface area contributed by atoms with Crippen molar-refractivity contribution in [1.29, 1.82) is 0 Å². The van der Waals surface area contributed by atoms with E-state index in [1.165, 1.54) is 0 Å². The fourth-order valence-electron chi connectivity index (χ4n) is 2.63. The molecule has 0 saturated carbocycles. The van der Waals surface area contributed by atoms with E-state index in [9.17, 15) is 0 Å². The number of benzene rings is 1. The van der Waals surface area contributed by atoms with Gasteiger partial charge in [0.1, 0.15) is 17.3 Å². The Morgan fingerprint density at radius 1 is 1.10 bits per heavy atom. The van der Waals surface area contributed by atoms with Crippen molar-refractivity contribution in [3.8, 4) is 11.5 Å². The maximum atomic E-state index is 5.59. The SMILES string of the molecule is CCNC(c1ccoc1CC)c1c(OC)cccc1OC. The van der Waals surface area contributed by atoms with Crippen LogP contribution >= 0.6 is 0 Å². The monoisotopic (exact) mass is 289 g/mol. The van der Waals surface area contributed by atoms with Crippen molar-refractivity contribution in [1.82, 2.24) is 5.32 Å². The fourth-order valence-corrected chi connectivity index (χ4v) is 2.63. The second kappa shape index (κ2) is 7.18. The van der Waals surface area contributed by atoms with E-state index in [2.05, 4.69) is 19.2 Å². The summed E-state index contributed by atoms with van der Waals surface area (Å²) in [6, 6.07) is 7.83. The van der Waals surface area contributed by atoms with Gasteiger partial charge in [0, 0.05) is 12.0 Å². The van der Waals surface area contributed by atoms with Gasteiger partial charge in [-0.25, -0.2) is 0 Å². The zero-order valence-corrected chi connectivity index (χ0v) is 13.1. The molecule has 1 unspecified atom stereocenters. The maximum Gasteiger partial charge on any atom is 0.127 e. The van der Waals surface area contributed by atoms with Crippen molar-refractivity contribution in [2.45, 2.75) is 26.3 Å². The van der Waals surface area contributed by atoms with E-state index < -0.39 is 0 Å². The van der Waals surface area contributed by atoms with Gasteiger partial charge in [-0.3, -0.25) is 0 Å². The average molecular weight is 289 g/mol. The Morgan fingerprint density at radius 3 is 2.29 bits per heavy atom. The van der Waals surface area contributed by atoms with Crippen LogP contribution in [0.15, 0.2) is 34.9 Å². The topological polar surface area (TPSA) is 43.6 Å². The highest BCUT2D eigenvalue weighted by Crippen LogP contribution is 2.38. The summed E-state index contributed by atoms with van der Waals surface area (Å²) in [7, 11) is 3.36. The molecule has 0 radical (unpaired) electrons. The van der Waals surface area contributed by atoms with Gasteiger partial charge in [0.25, 0.3) is 0 Å². The Bertz CT molecular complexity index is 555. The molecule has 0 spiro atoms. The summed E-state index contributed by atoms with van der Waals surface area (Å²) in [5.41, 5.74) is 2.13. The molecule has 1 N–H and O–H groups in total. The highest BCUT2D eigenvalue weighted by molar-refractivity contribution is 5.51. The molecule has 0 amide bonds. The molecule has 0 aliphatic rings. The van der Waals surface area contributed by atoms with Crippen LogP contribution in [0.4, 0.5) is 0 Å². The van der Waals surface area contributed by atoms with Crippen molar-refractivity contribution < 1.29 is 13.9 Å². The van der Waals surface area contributed by atoms with Crippen LogP contribution in [0.1, 0.15) is 36.8 Å². The maximum absolute atomic E-state index is 5.59. The number of furan rings is 1. The molecule has 0 saturated heterocycles. The van der Waals surface area contributed by atoms with Crippen molar-refractivity contribution in [2.75, 3.05) is 20.8 Å². The van der Waals surface area contributed by atoms with Gasteiger partial charge >= 0.3 is 0 Å². The van der Waals surface area contributed by atoms with Gasteiger partial charge in [-0.2, -0.15) is 0 Å². The average Bonchev–Trinajstić information content (AvgIpc) is 3.00. The summed E-state index contributed by atoms with van der Waals surface area (Å²) in [6.07, 6.45) is 2.59. The van der Waals surface area contributed by atoms with Crippen molar-refractivity contribution in [2.24, 2.45) is 0 Å². The van der Waals surface area contributed by atoms with Crippen LogP contribution in [0.25, 0.3) is 0 Å². The van der Waals surface area contributed by atoms with E-state index >= 15 is 0 Å². The Hall–Kier alpha value is -1.94. The summed E-state index contributed by atoms with van der Waals surface area (Å²) in [4.78, 5) is 0. The quantitative estimate of drug-likeness (QED) is 0.846. The zero-order valence-electron chi connectivity index (χ0n) is 13.1. The smallest absolute Gasteiger partial charge is 0.127 e. The molecule has 21 heavy (non-hydrogen) atoms. The van der Waals surface area contributed by atoms with Crippen LogP contribution in [0, 0.1) is 0 Å². The van der Waals surface area contributed by atoms with Gasteiger partial charge in [0.2, 0.25) is 0 Å². The van der Waals surface area contributed by atoms with Crippen LogP contribution in [0.2, 0.25) is 0 Å². The molecule has 0 bridgehead atoms. The molecule has 0 aliphatic heterocycles. The Balaban J connectivity index is 2.57.